The number of ether oxygens (including phenoxy) is 6. The van der Waals surface area contributed by atoms with Gasteiger partial charge in [0, 0.05) is 0 Å². The Bertz CT molecular complexity index is 1170. The van der Waals surface area contributed by atoms with E-state index in [2.05, 4.69) is 0 Å². The highest BCUT2D eigenvalue weighted by Crippen LogP contribution is 2.49. The molecule has 4 atom stereocenters. The van der Waals surface area contributed by atoms with Crippen LogP contribution in [0.5, 0.6) is 11.5 Å². The maximum absolute atomic E-state index is 13.9. The van der Waals surface area contributed by atoms with Crippen LogP contribution in [0.15, 0.2) is 66.7 Å². The molecule has 3 aromatic rings. The van der Waals surface area contributed by atoms with Crippen molar-refractivity contribution < 1.29 is 32.8 Å². The van der Waals surface area contributed by atoms with Crippen LogP contribution in [0.2, 0.25) is 0 Å². The van der Waals surface area contributed by atoms with Crippen LogP contribution in [0.25, 0.3) is 0 Å². The Hall–Kier alpha value is -2.97. The number of hydrogen-bond donors (Lipinski definition) is 0. The molecule has 0 spiro atoms. The molecule has 0 N–H and O–H groups in total. The molecule has 0 amide bonds. The van der Waals surface area contributed by atoms with Crippen LogP contribution < -0.4 is 9.47 Å². The molecule has 0 aromatic heterocycles. The van der Waals surface area contributed by atoms with Crippen molar-refractivity contribution in [3.05, 3.63) is 94.8 Å². The highest BCUT2D eigenvalue weighted by atomic mass is 19.1. The van der Waals surface area contributed by atoms with Crippen LogP contribution >= 0.6 is 0 Å². The molecule has 3 aromatic carbocycles. The summed E-state index contributed by atoms with van der Waals surface area (Å²) >= 11 is 0. The fourth-order valence-corrected chi connectivity index (χ4v) is 4.85. The predicted octanol–water partition coefficient (Wildman–Crippen LogP) is 5.16. The van der Waals surface area contributed by atoms with Crippen molar-refractivity contribution >= 4 is 0 Å². The number of halogens is 1. The van der Waals surface area contributed by atoms with E-state index in [1.54, 1.807) is 27.2 Å². The molecule has 2 fully saturated rings. The van der Waals surface area contributed by atoms with Gasteiger partial charge in [-0.1, -0.05) is 36.4 Å². The Morgan fingerprint density at radius 2 is 1.53 bits per heavy atom. The summed E-state index contributed by atoms with van der Waals surface area (Å²) in [6, 6.07) is 20.6. The quantitative estimate of drug-likeness (QED) is 0.388. The van der Waals surface area contributed by atoms with Gasteiger partial charge in [0.05, 0.1) is 40.6 Å². The molecule has 7 heteroatoms. The van der Waals surface area contributed by atoms with Crippen molar-refractivity contribution in [2.24, 2.45) is 0 Å². The first kappa shape index (κ1) is 24.7. The summed E-state index contributed by atoms with van der Waals surface area (Å²) in [7, 11) is 3.28. The van der Waals surface area contributed by atoms with Gasteiger partial charge in [-0.05, 0) is 59.5 Å². The first-order valence-electron chi connectivity index (χ1n) is 12.0. The fourth-order valence-electron chi connectivity index (χ4n) is 4.85. The summed E-state index contributed by atoms with van der Waals surface area (Å²) in [6.07, 6.45) is -1.04. The van der Waals surface area contributed by atoms with Crippen molar-refractivity contribution in [2.45, 2.75) is 44.1 Å². The van der Waals surface area contributed by atoms with Gasteiger partial charge in [0.25, 0.3) is 0 Å². The summed E-state index contributed by atoms with van der Waals surface area (Å²) in [6.45, 7) is 3.24. The summed E-state index contributed by atoms with van der Waals surface area (Å²) in [5, 5.41) is 0. The summed E-state index contributed by atoms with van der Waals surface area (Å²) in [5.74, 6) is 1.35. The molecule has 2 saturated heterocycles. The van der Waals surface area contributed by atoms with Crippen LogP contribution in [-0.2, 0) is 32.2 Å². The number of hydrogen-bond acceptors (Lipinski definition) is 6. The summed E-state index contributed by atoms with van der Waals surface area (Å²) in [5.41, 5.74) is 2.72. The number of aryl methyl sites for hydroxylation is 1. The molecule has 0 saturated carbocycles. The molecular formula is C29H31FO6. The summed E-state index contributed by atoms with van der Waals surface area (Å²) < 4.78 is 49.8. The molecule has 6 nitrogen and oxygen atoms in total. The van der Waals surface area contributed by atoms with Crippen molar-refractivity contribution in [1.29, 1.82) is 0 Å². The molecule has 2 heterocycles. The van der Waals surface area contributed by atoms with Crippen LogP contribution in [0.4, 0.5) is 4.39 Å². The zero-order chi connectivity index (χ0) is 25.1. The Morgan fingerprint density at radius 3 is 2.14 bits per heavy atom. The van der Waals surface area contributed by atoms with Crippen LogP contribution in [0.1, 0.15) is 28.4 Å². The van der Waals surface area contributed by atoms with Crippen molar-refractivity contribution in [2.75, 3.05) is 27.4 Å². The minimum Gasteiger partial charge on any atom is -0.497 e. The highest BCUT2D eigenvalue weighted by molar-refractivity contribution is 5.30. The molecule has 2 bridgehead atoms. The van der Waals surface area contributed by atoms with Gasteiger partial charge in [-0.25, -0.2) is 4.39 Å². The van der Waals surface area contributed by atoms with Gasteiger partial charge in [-0.15, -0.1) is 0 Å². The maximum atomic E-state index is 13.9. The van der Waals surface area contributed by atoms with Gasteiger partial charge < -0.3 is 28.4 Å². The van der Waals surface area contributed by atoms with Crippen molar-refractivity contribution in [1.82, 2.24) is 0 Å². The molecule has 4 unspecified atom stereocenters. The monoisotopic (exact) mass is 494 g/mol. The first-order valence-corrected chi connectivity index (χ1v) is 12.0. The zero-order valence-electron chi connectivity index (χ0n) is 20.7. The van der Waals surface area contributed by atoms with Gasteiger partial charge in [0.2, 0.25) is 0 Å². The van der Waals surface area contributed by atoms with E-state index >= 15 is 0 Å². The van der Waals surface area contributed by atoms with Gasteiger partial charge >= 0.3 is 0 Å². The first-order chi connectivity index (χ1) is 17.5. The lowest BCUT2D eigenvalue weighted by molar-refractivity contribution is -0.176. The molecule has 190 valence electrons. The van der Waals surface area contributed by atoms with Gasteiger partial charge in [0.1, 0.15) is 41.2 Å². The van der Waals surface area contributed by atoms with E-state index in [9.17, 15) is 4.39 Å². The van der Waals surface area contributed by atoms with Crippen LogP contribution in [0, 0.1) is 12.7 Å². The second kappa shape index (κ2) is 10.6. The normalized spacial score (nSPS) is 24.7. The van der Waals surface area contributed by atoms with Crippen LogP contribution in [-0.4, -0.2) is 45.2 Å². The minimum absolute atomic E-state index is 0.243. The topological polar surface area (TPSA) is 55.4 Å². The number of rotatable bonds is 10. The van der Waals surface area contributed by atoms with E-state index in [4.69, 9.17) is 28.4 Å². The van der Waals surface area contributed by atoms with Gasteiger partial charge in [-0.2, -0.15) is 0 Å². The van der Waals surface area contributed by atoms with Gasteiger partial charge in [0.15, 0.2) is 0 Å². The van der Waals surface area contributed by atoms with E-state index in [-0.39, 0.29) is 24.1 Å². The van der Waals surface area contributed by atoms with E-state index in [1.807, 2.05) is 54.6 Å². The number of methoxy groups -OCH3 is 2. The third-order valence-electron chi connectivity index (χ3n) is 6.87. The lowest BCUT2D eigenvalue weighted by Gasteiger charge is -2.31. The van der Waals surface area contributed by atoms with Crippen molar-refractivity contribution in [3.8, 4) is 11.5 Å². The molecule has 36 heavy (non-hydrogen) atoms. The highest BCUT2D eigenvalue weighted by Gasteiger charge is 2.62. The number of fused-ring (bicyclic) bond motifs is 2. The van der Waals surface area contributed by atoms with E-state index in [0.717, 1.165) is 28.2 Å². The molecular weight excluding hydrogens is 463 g/mol. The predicted molar refractivity (Wildman–Crippen MR) is 132 cm³/mol. The summed E-state index contributed by atoms with van der Waals surface area (Å²) in [4.78, 5) is 0. The van der Waals surface area contributed by atoms with E-state index < -0.39 is 5.60 Å². The van der Waals surface area contributed by atoms with Crippen molar-refractivity contribution in [3.63, 3.8) is 0 Å². The Balaban J connectivity index is 1.32. The van der Waals surface area contributed by atoms with Crippen LogP contribution in [0.3, 0.4) is 0 Å². The Morgan fingerprint density at radius 1 is 0.889 bits per heavy atom. The largest absolute Gasteiger partial charge is 0.497 e. The van der Waals surface area contributed by atoms with E-state index in [1.165, 1.54) is 6.07 Å². The maximum Gasteiger partial charge on any atom is 0.144 e. The SMILES string of the molecule is COc1ccc(COCC23COC(C(c4ccc(F)c(C)c4)O2)C3OCc2ccc(OC)cc2)cc1. The molecule has 0 radical (unpaired) electrons. The molecule has 0 aliphatic carbocycles. The Kier molecular flexibility index (Phi) is 7.25. The van der Waals surface area contributed by atoms with Gasteiger partial charge in [-0.3, -0.25) is 0 Å². The second-order valence-corrected chi connectivity index (χ2v) is 9.31. The zero-order valence-corrected chi connectivity index (χ0v) is 20.7. The third-order valence-corrected chi connectivity index (χ3v) is 6.87. The minimum atomic E-state index is -0.767. The third kappa shape index (κ3) is 4.97. The molecule has 2 aliphatic rings. The Labute approximate surface area is 210 Å². The standard InChI is InChI=1S/C29H31FO6/c1-19-14-22(8-13-25(19)30)26-27-28(34-16-21-6-11-24(32-3)12-7-21)29(36-26,18-35-27)17-33-15-20-4-9-23(31-2)10-5-20/h4-14,26-28H,15-18H2,1-3H3. The lowest BCUT2D eigenvalue weighted by atomic mass is 9.96. The second-order valence-electron chi connectivity index (χ2n) is 9.31. The average molecular weight is 495 g/mol. The fraction of sp³-hybridized carbons (Fsp3) is 0.379. The smallest absolute Gasteiger partial charge is 0.144 e. The van der Waals surface area contributed by atoms with E-state index in [0.29, 0.717) is 32.0 Å². The average Bonchev–Trinajstić information content (AvgIpc) is 3.41. The molecule has 2 aliphatic heterocycles. The lowest BCUT2D eigenvalue weighted by Crippen LogP contribution is -2.46. The molecule has 5 rings (SSSR count). The number of benzene rings is 3.